The molecule has 0 aliphatic heterocycles. The molecule has 110 valence electrons. The highest BCUT2D eigenvalue weighted by Gasteiger charge is 2.23. The van der Waals surface area contributed by atoms with Gasteiger partial charge in [-0.3, -0.25) is 4.79 Å². The number of carboxylic acid groups (broad SMARTS) is 1. The lowest BCUT2D eigenvalue weighted by Gasteiger charge is -2.17. The first-order valence-corrected chi connectivity index (χ1v) is 6.49. The van der Waals surface area contributed by atoms with Crippen molar-refractivity contribution < 1.29 is 14.7 Å². The van der Waals surface area contributed by atoms with E-state index in [4.69, 9.17) is 5.11 Å². The number of nitrogens with one attached hydrogen (secondary N) is 1. The molecule has 7 nitrogen and oxygen atoms in total. The fourth-order valence-corrected chi connectivity index (χ4v) is 1.85. The molecule has 2 N–H and O–H groups in total. The number of carboxylic acids is 1. The average Bonchev–Trinajstić information content (AvgIpc) is 2.98. The number of aliphatic carboxylic acids is 1. The quantitative estimate of drug-likeness (QED) is 0.859. The number of carbonyl (C=O) groups is 2. The number of hydrogen-bond donors (Lipinski definition) is 2. The van der Waals surface area contributed by atoms with Gasteiger partial charge in [0, 0.05) is 5.56 Å². The monoisotopic (exact) mass is 288 g/mol. The number of aromatic nitrogens is 3. The van der Waals surface area contributed by atoms with Crippen LogP contribution >= 0.6 is 0 Å². The molecule has 1 atom stereocenters. The van der Waals surface area contributed by atoms with Gasteiger partial charge in [0.1, 0.15) is 6.04 Å². The van der Waals surface area contributed by atoms with Gasteiger partial charge in [-0.25, -0.2) is 9.48 Å². The highest BCUT2D eigenvalue weighted by molar-refractivity contribution is 5.96. The molecule has 0 unspecified atom stereocenters. The molecule has 0 aliphatic carbocycles. The van der Waals surface area contributed by atoms with Crippen LogP contribution in [-0.2, 0) is 4.79 Å². The summed E-state index contributed by atoms with van der Waals surface area (Å²) in [7, 11) is 0. The predicted octanol–water partition coefficient (Wildman–Crippen LogP) is 1.11. The Morgan fingerprint density at radius 3 is 2.38 bits per heavy atom. The zero-order valence-corrected chi connectivity index (χ0v) is 11.7. The van der Waals surface area contributed by atoms with E-state index < -0.39 is 17.9 Å². The van der Waals surface area contributed by atoms with E-state index in [1.807, 2.05) is 0 Å². The van der Waals surface area contributed by atoms with Crippen LogP contribution < -0.4 is 5.32 Å². The molecule has 0 fully saturated rings. The van der Waals surface area contributed by atoms with Gasteiger partial charge in [-0.2, -0.15) is 0 Å². The molecule has 1 aromatic heterocycles. The van der Waals surface area contributed by atoms with Gasteiger partial charge in [0.2, 0.25) is 0 Å². The lowest BCUT2D eigenvalue weighted by Crippen LogP contribution is -2.44. The van der Waals surface area contributed by atoms with Crippen molar-refractivity contribution >= 4 is 11.9 Å². The highest BCUT2D eigenvalue weighted by atomic mass is 16.4. The number of hydrogen-bond acceptors (Lipinski definition) is 4. The van der Waals surface area contributed by atoms with Gasteiger partial charge in [0.25, 0.3) is 5.91 Å². The second-order valence-corrected chi connectivity index (χ2v) is 4.93. The van der Waals surface area contributed by atoms with E-state index in [9.17, 15) is 9.59 Å². The molecule has 1 heterocycles. The molecule has 0 radical (unpaired) electrons. The van der Waals surface area contributed by atoms with E-state index in [2.05, 4.69) is 15.6 Å². The molecular weight excluding hydrogens is 272 g/mol. The van der Waals surface area contributed by atoms with Crippen LogP contribution in [0.25, 0.3) is 5.69 Å². The standard InChI is InChI=1S/C14H16N4O3/c1-9(2)12(14(20)21)16-13(19)10-3-5-11(6-4-10)18-8-7-15-17-18/h3-9,12H,1-2H3,(H,16,19)(H,20,21)/t12-/m0/s1. The molecule has 1 aromatic carbocycles. The molecule has 7 heteroatoms. The van der Waals surface area contributed by atoms with Crippen LogP contribution in [0.1, 0.15) is 24.2 Å². The van der Waals surface area contributed by atoms with Gasteiger partial charge in [-0.05, 0) is 30.2 Å². The number of carbonyl (C=O) groups excluding carboxylic acids is 1. The summed E-state index contributed by atoms with van der Waals surface area (Å²) in [5.41, 5.74) is 1.16. The van der Waals surface area contributed by atoms with Crippen LogP contribution in [0.4, 0.5) is 0 Å². The van der Waals surface area contributed by atoms with Crippen LogP contribution in [-0.4, -0.2) is 38.0 Å². The molecule has 21 heavy (non-hydrogen) atoms. The zero-order valence-electron chi connectivity index (χ0n) is 11.7. The molecule has 0 bridgehead atoms. The number of benzene rings is 1. The minimum absolute atomic E-state index is 0.194. The fourth-order valence-electron chi connectivity index (χ4n) is 1.85. The maximum Gasteiger partial charge on any atom is 0.326 e. The van der Waals surface area contributed by atoms with Gasteiger partial charge in [-0.1, -0.05) is 19.1 Å². The molecule has 0 spiro atoms. The Morgan fingerprint density at radius 2 is 1.90 bits per heavy atom. The Hall–Kier alpha value is -2.70. The Morgan fingerprint density at radius 1 is 1.24 bits per heavy atom. The first-order valence-electron chi connectivity index (χ1n) is 6.49. The first kappa shape index (κ1) is 14.7. The Balaban J connectivity index is 2.11. The third-order valence-electron chi connectivity index (χ3n) is 3.04. The van der Waals surface area contributed by atoms with Crippen LogP contribution in [0, 0.1) is 5.92 Å². The molecule has 2 rings (SSSR count). The van der Waals surface area contributed by atoms with Gasteiger partial charge >= 0.3 is 5.97 Å². The van der Waals surface area contributed by atoms with Crippen LogP contribution in [0.2, 0.25) is 0 Å². The topological polar surface area (TPSA) is 97.1 Å². The van der Waals surface area contributed by atoms with Crippen LogP contribution in [0.5, 0.6) is 0 Å². The van der Waals surface area contributed by atoms with Crippen molar-refractivity contribution in [2.75, 3.05) is 0 Å². The SMILES string of the molecule is CC(C)[C@H](NC(=O)c1ccc(-n2ccnn2)cc1)C(=O)O. The summed E-state index contributed by atoms with van der Waals surface area (Å²) in [6, 6.07) is 5.76. The van der Waals surface area contributed by atoms with Gasteiger partial charge in [0.15, 0.2) is 0 Å². The Labute approximate surface area is 121 Å². The Kier molecular flexibility index (Phi) is 4.32. The summed E-state index contributed by atoms with van der Waals surface area (Å²) in [4.78, 5) is 23.1. The normalized spacial score (nSPS) is 12.1. The van der Waals surface area contributed by atoms with Crippen LogP contribution in [0.3, 0.4) is 0 Å². The van der Waals surface area contributed by atoms with Crippen molar-refractivity contribution in [3.05, 3.63) is 42.2 Å². The number of amides is 1. The van der Waals surface area contributed by atoms with Gasteiger partial charge in [0.05, 0.1) is 18.1 Å². The predicted molar refractivity (Wildman–Crippen MR) is 75.1 cm³/mol. The minimum Gasteiger partial charge on any atom is -0.480 e. The summed E-state index contributed by atoms with van der Waals surface area (Å²) in [5.74, 6) is -1.65. The lowest BCUT2D eigenvalue weighted by atomic mass is 10.0. The van der Waals surface area contributed by atoms with Crippen molar-refractivity contribution in [3.63, 3.8) is 0 Å². The van der Waals surface area contributed by atoms with Crippen molar-refractivity contribution in [2.24, 2.45) is 5.92 Å². The summed E-state index contributed by atoms with van der Waals surface area (Å²) in [5, 5.41) is 19.1. The van der Waals surface area contributed by atoms with Crippen molar-refractivity contribution in [2.45, 2.75) is 19.9 Å². The minimum atomic E-state index is -1.04. The van der Waals surface area contributed by atoms with E-state index in [1.54, 1.807) is 55.2 Å². The summed E-state index contributed by atoms with van der Waals surface area (Å²) < 4.78 is 1.57. The molecule has 1 amide bonds. The van der Waals surface area contributed by atoms with E-state index in [-0.39, 0.29) is 5.92 Å². The Bertz CT molecular complexity index is 620. The second-order valence-electron chi connectivity index (χ2n) is 4.93. The molecule has 0 saturated heterocycles. The largest absolute Gasteiger partial charge is 0.480 e. The number of rotatable bonds is 5. The molecule has 2 aromatic rings. The lowest BCUT2D eigenvalue weighted by molar-refractivity contribution is -0.140. The van der Waals surface area contributed by atoms with E-state index in [0.29, 0.717) is 5.56 Å². The third-order valence-corrected chi connectivity index (χ3v) is 3.04. The second kappa shape index (κ2) is 6.17. The zero-order chi connectivity index (χ0) is 15.4. The first-order chi connectivity index (χ1) is 9.99. The van der Waals surface area contributed by atoms with Crippen molar-refractivity contribution in [1.82, 2.24) is 20.3 Å². The smallest absolute Gasteiger partial charge is 0.326 e. The molecule has 0 aliphatic rings. The maximum absolute atomic E-state index is 12.1. The van der Waals surface area contributed by atoms with Crippen molar-refractivity contribution in [1.29, 1.82) is 0 Å². The van der Waals surface area contributed by atoms with Gasteiger partial charge in [-0.15, -0.1) is 5.10 Å². The van der Waals surface area contributed by atoms with Crippen molar-refractivity contribution in [3.8, 4) is 5.69 Å². The average molecular weight is 288 g/mol. The van der Waals surface area contributed by atoms with Gasteiger partial charge < -0.3 is 10.4 Å². The summed E-state index contributed by atoms with van der Waals surface area (Å²) >= 11 is 0. The maximum atomic E-state index is 12.1. The highest BCUT2D eigenvalue weighted by Crippen LogP contribution is 2.09. The molecular formula is C14H16N4O3. The van der Waals surface area contributed by atoms with Crippen LogP contribution in [0.15, 0.2) is 36.7 Å². The fraction of sp³-hybridized carbons (Fsp3) is 0.286. The van der Waals surface area contributed by atoms with E-state index >= 15 is 0 Å². The summed E-state index contributed by atoms with van der Waals surface area (Å²) in [6.45, 7) is 3.49. The van der Waals surface area contributed by atoms with E-state index in [0.717, 1.165) is 5.69 Å². The molecule has 0 saturated carbocycles. The summed E-state index contributed by atoms with van der Waals surface area (Å²) in [6.07, 6.45) is 3.25. The van der Waals surface area contributed by atoms with E-state index in [1.165, 1.54) is 0 Å². The number of nitrogens with zero attached hydrogens (tertiary/aromatic N) is 3. The third kappa shape index (κ3) is 3.44.